The van der Waals surface area contributed by atoms with Gasteiger partial charge in [-0.2, -0.15) is 0 Å². The number of benzene rings is 1. The number of nitrogens with zero attached hydrogens (tertiary/aromatic N) is 2. The summed E-state index contributed by atoms with van der Waals surface area (Å²) in [5, 5.41) is 6.26. The molecule has 0 saturated carbocycles. The maximum absolute atomic E-state index is 12.8. The molecule has 0 fully saturated rings. The molecule has 6 heteroatoms. The molecule has 0 atom stereocenters. The Balaban J connectivity index is 1.78. The topological polar surface area (TPSA) is 66.9 Å². The molecule has 2 aromatic heterocycles. The summed E-state index contributed by atoms with van der Waals surface area (Å²) in [5.41, 5.74) is 3.85. The maximum atomic E-state index is 12.8. The maximum Gasteiger partial charge on any atom is 0.257 e. The third-order valence-corrected chi connectivity index (χ3v) is 5.13. The summed E-state index contributed by atoms with van der Waals surface area (Å²) in [4.78, 5) is 21.7. The predicted octanol–water partition coefficient (Wildman–Crippen LogP) is 5.38. The molecule has 2 N–H and O–H groups in total. The fourth-order valence-electron chi connectivity index (χ4n) is 2.73. The Morgan fingerprint density at radius 2 is 1.96 bits per heavy atom. The number of hydrogen-bond acceptors (Lipinski definition) is 4. The van der Waals surface area contributed by atoms with Crippen molar-refractivity contribution in [2.24, 2.45) is 5.92 Å². The summed E-state index contributed by atoms with van der Waals surface area (Å²) >= 11 is 2.28. The molecule has 144 valence electrons. The average Bonchev–Trinajstić information content (AvgIpc) is 2.68. The number of aryl methyl sites for hydroxylation is 1. The Morgan fingerprint density at radius 1 is 1.14 bits per heavy atom. The Labute approximate surface area is 179 Å². The largest absolute Gasteiger partial charge is 0.370 e. The zero-order valence-corrected chi connectivity index (χ0v) is 18.3. The number of anilines is 2. The molecule has 28 heavy (non-hydrogen) atoms. The van der Waals surface area contributed by atoms with E-state index in [9.17, 15) is 4.79 Å². The van der Waals surface area contributed by atoms with Gasteiger partial charge in [0, 0.05) is 27.6 Å². The van der Waals surface area contributed by atoms with E-state index in [-0.39, 0.29) is 5.91 Å². The highest BCUT2D eigenvalue weighted by Crippen LogP contribution is 2.27. The number of carbonyl (C=O) groups excluding carboxylic acids is 1. The van der Waals surface area contributed by atoms with Crippen LogP contribution in [-0.2, 0) is 0 Å². The zero-order chi connectivity index (χ0) is 20.1. The van der Waals surface area contributed by atoms with Crippen molar-refractivity contribution in [3.05, 3.63) is 69.6 Å². The Morgan fingerprint density at radius 3 is 2.64 bits per heavy atom. The molecule has 2 heterocycles. The van der Waals surface area contributed by atoms with Crippen LogP contribution in [0.25, 0.3) is 11.3 Å². The molecule has 5 nitrogen and oxygen atoms in total. The summed E-state index contributed by atoms with van der Waals surface area (Å²) in [5.74, 6) is 1.14. The summed E-state index contributed by atoms with van der Waals surface area (Å²) in [7, 11) is 0. The van der Waals surface area contributed by atoms with E-state index in [0.717, 1.165) is 32.9 Å². The van der Waals surface area contributed by atoms with Crippen molar-refractivity contribution in [2.45, 2.75) is 20.8 Å². The lowest BCUT2D eigenvalue weighted by Gasteiger charge is -2.12. The molecule has 0 spiro atoms. The normalized spacial score (nSPS) is 10.8. The van der Waals surface area contributed by atoms with Gasteiger partial charge in [-0.3, -0.25) is 9.78 Å². The first kappa shape index (κ1) is 20.3. The van der Waals surface area contributed by atoms with Crippen LogP contribution in [0, 0.1) is 16.4 Å². The lowest BCUT2D eigenvalue weighted by atomic mass is 10.1. The highest BCUT2D eigenvalue weighted by Gasteiger charge is 2.13. The van der Waals surface area contributed by atoms with Crippen molar-refractivity contribution in [1.29, 1.82) is 0 Å². The molecule has 0 aliphatic rings. The number of aromatic nitrogens is 2. The van der Waals surface area contributed by atoms with Crippen molar-refractivity contribution in [3.63, 3.8) is 0 Å². The Kier molecular flexibility index (Phi) is 6.61. The van der Waals surface area contributed by atoms with E-state index in [1.165, 1.54) is 0 Å². The van der Waals surface area contributed by atoms with Crippen molar-refractivity contribution < 1.29 is 4.79 Å². The van der Waals surface area contributed by atoms with Crippen LogP contribution in [0.2, 0.25) is 0 Å². The van der Waals surface area contributed by atoms with E-state index >= 15 is 0 Å². The number of nitrogens with one attached hydrogen (secondary N) is 2. The minimum atomic E-state index is -0.173. The van der Waals surface area contributed by atoms with Gasteiger partial charge in [0.25, 0.3) is 5.91 Å². The highest BCUT2D eigenvalue weighted by molar-refractivity contribution is 14.1. The number of carbonyl (C=O) groups is 1. The minimum absolute atomic E-state index is 0.173. The van der Waals surface area contributed by atoms with E-state index in [1.54, 1.807) is 6.20 Å². The van der Waals surface area contributed by atoms with Gasteiger partial charge in [-0.05, 0) is 77.9 Å². The standard InChI is InChI=1S/C22H23IN4O/c1-14(2)13-25-21-10-8-17(15(3)26-21)22(28)27-16-7-9-19(23)18(12-16)20-6-4-5-11-24-20/h4-12,14H,13H2,1-3H3,(H,25,26)(H,27,28). The molecule has 3 aromatic rings. The van der Waals surface area contributed by atoms with Gasteiger partial charge in [0.05, 0.1) is 17.0 Å². The van der Waals surface area contributed by atoms with Crippen LogP contribution in [0.15, 0.2) is 54.7 Å². The Bertz CT molecular complexity index is 974. The number of amides is 1. The second-order valence-electron chi connectivity index (χ2n) is 6.97. The lowest BCUT2D eigenvalue weighted by Crippen LogP contribution is -2.15. The lowest BCUT2D eigenvalue weighted by molar-refractivity contribution is 0.102. The van der Waals surface area contributed by atoms with E-state index in [1.807, 2.05) is 55.5 Å². The molecule has 0 radical (unpaired) electrons. The summed E-state index contributed by atoms with van der Waals surface area (Å²) in [6, 6.07) is 15.3. The molecule has 0 saturated heterocycles. The van der Waals surface area contributed by atoms with E-state index < -0.39 is 0 Å². The smallest absolute Gasteiger partial charge is 0.257 e. The van der Waals surface area contributed by atoms with Gasteiger partial charge in [0.2, 0.25) is 0 Å². The van der Waals surface area contributed by atoms with E-state index in [0.29, 0.717) is 17.2 Å². The number of pyridine rings is 2. The van der Waals surface area contributed by atoms with Crippen LogP contribution in [0.1, 0.15) is 29.9 Å². The fourth-order valence-corrected chi connectivity index (χ4v) is 3.34. The third-order valence-electron chi connectivity index (χ3n) is 4.19. The van der Waals surface area contributed by atoms with Crippen molar-refractivity contribution in [2.75, 3.05) is 17.2 Å². The number of hydrogen-bond donors (Lipinski definition) is 2. The van der Waals surface area contributed by atoms with Gasteiger partial charge in [-0.25, -0.2) is 4.98 Å². The Hall–Kier alpha value is -2.48. The van der Waals surface area contributed by atoms with Gasteiger partial charge in [0.15, 0.2) is 0 Å². The van der Waals surface area contributed by atoms with Crippen molar-refractivity contribution in [1.82, 2.24) is 9.97 Å². The molecule has 0 bridgehead atoms. The molecule has 0 unspecified atom stereocenters. The molecule has 3 rings (SSSR count). The summed E-state index contributed by atoms with van der Waals surface area (Å²) < 4.78 is 1.08. The highest BCUT2D eigenvalue weighted by atomic mass is 127. The molecule has 1 amide bonds. The van der Waals surface area contributed by atoms with E-state index in [2.05, 4.69) is 57.0 Å². The van der Waals surface area contributed by atoms with Gasteiger partial charge in [-0.1, -0.05) is 19.9 Å². The van der Waals surface area contributed by atoms with Crippen molar-refractivity contribution in [3.8, 4) is 11.3 Å². The van der Waals surface area contributed by atoms with Gasteiger partial charge in [-0.15, -0.1) is 0 Å². The second-order valence-corrected chi connectivity index (χ2v) is 8.13. The van der Waals surface area contributed by atoms with Crippen LogP contribution in [0.4, 0.5) is 11.5 Å². The van der Waals surface area contributed by atoms with E-state index in [4.69, 9.17) is 0 Å². The number of rotatable bonds is 6. The molecule has 1 aromatic carbocycles. The van der Waals surface area contributed by atoms with Gasteiger partial charge in [0.1, 0.15) is 5.82 Å². The first-order valence-electron chi connectivity index (χ1n) is 9.18. The fraction of sp³-hybridized carbons (Fsp3) is 0.227. The van der Waals surface area contributed by atoms with Crippen LogP contribution in [0.5, 0.6) is 0 Å². The molecular formula is C22H23IN4O. The zero-order valence-electron chi connectivity index (χ0n) is 16.2. The first-order chi connectivity index (χ1) is 13.4. The van der Waals surface area contributed by atoms with Gasteiger partial charge < -0.3 is 10.6 Å². The summed E-state index contributed by atoms with van der Waals surface area (Å²) in [6.45, 7) is 6.98. The third kappa shape index (κ3) is 5.07. The molecular weight excluding hydrogens is 463 g/mol. The number of halogens is 1. The van der Waals surface area contributed by atoms with Crippen LogP contribution < -0.4 is 10.6 Å². The predicted molar refractivity (Wildman–Crippen MR) is 123 cm³/mol. The summed E-state index contributed by atoms with van der Waals surface area (Å²) in [6.07, 6.45) is 1.76. The molecule has 0 aliphatic heterocycles. The minimum Gasteiger partial charge on any atom is -0.370 e. The SMILES string of the molecule is Cc1nc(NCC(C)C)ccc1C(=O)Nc1ccc(I)c(-c2ccccn2)c1. The van der Waals surface area contributed by atoms with Crippen LogP contribution >= 0.6 is 22.6 Å². The van der Waals surface area contributed by atoms with Crippen LogP contribution in [0.3, 0.4) is 0 Å². The average molecular weight is 486 g/mol. The quantitative estimate of drug-likeness (QED) is 0.460. The monoisotopic (exact) mass is 486 g/mol. The van der Waals surface area contributed by atoms with Crippen LogP contribution in [-0.4, -0.2) is 22.4 Å². The molecule has 0 aliphatic carbocycles. The first-order valence-corrected chi connectivity index (χ1v) is 10.3. The second kappa shape index (κ2) is 9.14. The van der Waals surface area contributed by atoms with Gasteiger partial charge >= 0.3 is 0 Å². The van der Waals surface area contributed by atoms with Crippen molar-refractivity contribution >= 4 is 40.0 Å².